The maximum atomic E-state index is 14.2. The maximum absolute atomic E-state index is 14.2. The highest BCUT2D eigenvalue weighted by atomic mass is 16.5. The van der Waals surface area contributed by atoms with E-state index in [2.05, 4.69) is 17.1 Å². The van der Waals surface area contributed by atoms with Crippen molar-refractivity contribution in [1.82, 2.24) is 14.5 Å². The zero-order valence-electron chi connectivity index (χ0n) is 29.3. The van der Waals surface area contributed by atoms with Crippen molar-refractivity contribution in [2.24, 2.45) is 0 Å². The van der Waals surface area contributed by atoms with Gasteiger partial charge >= 0.3 is 5.97 Å². The van der Waals surface area contributed by atoms with E-state index in [9.17, 15) is 14.7 Å². The molecule has 262 valence electrons. The van der Waals surface area contributed by atoms with Gasteiger partial charge in [-0.1, -0.05) is 56.2 Å². The minimum Gasteiger partial charge on any atom is -0.497 e. The first-order chi connectivity index (χ1) is 24.2. The fourth-order valence-corrected chi connectivity index (χ4v) is 5.72. The normalized spacial score (nSPS) is 12.3. The molecular formula is C39H45N5O6. The van der Waals surface area contributed by atoms with Crippen LogP contribution in [0.4, 0.5) is 11.8 Å². The molecule has 0 amide bonds. The Morgan fingerprint density at radius 1 is 0.860 bits per heavy atom. The number of esters is 1. The molecule has 5 rings (SSSR count). The van der Waals surface area contributed by atoms with Gasteiger partial charge in [-0.05, 0) is 72.5 Å². The van der Waals surface area contributed by atoms with Gasteiger partial charge in [0, 0.05) is 19.3 Å². The SMILES string of the molecule is CCCC[C@](C)(CO)Nc1nc(N(Cc2ccc(OC)cc2)Cc2ccc(OC)cc2)nc2ccn(Cc3ccc(C(=O)OC)cc3)c(=O)c12. The fourth-order valence-electron chi connectivity index (χ4n) is 5.72. The molecule has 0 radical (unpaired) electrons. The van der Waals surface area contributed by atoms with E-state index < -0.39 is 11.5 Å². The van der Waals surface area contributed by atoms with E-state index in [0.717, 1.165) is 41.0 Å². The summed E-state index contributed by atoms with van der Waals surface area (Å²) >= 11 is 0. The molecule has 50 heavy (non-hydrogen) atoms. The van der Waals surface area contributed by atoms with Crippen molar-refractivity contribution in [3.63, 3.8) is 0 Å². The van der Waals surface area contributed by atoms with Gasteiger partial charge < -0.3 is 34.1 Å². The Hall–Kier alpha value is -5.42. The number of nitrogens with one attached hydrogen (secondary N) is 1. The van der Waals surface area contributed by atoms with E-state index in [0.29, 0.717) is 47.7 Å². The Balaban J connectivity index is 1.61. The summed E-state index contributed by atoms with van der Waals surface area (Å²) in [6, 6.07) is 24.5. The minimum absolute atomic E-state index is 0.150. The van der Waals surface area contributed by atoms with Crippen molar-refractivity contribution in [3.05, 3.63) is 118 Å². The second-order valence-corrected chi connectivity index (χ2v) is 12.6. The molecule has 0 spiro atoms. The lowest BCUT2D eigenvalue weighted by Crippen LogP contribution is -2.40. The summed E-state index contributed by atoms with van der Waals surface area (Å²) in [5, 5.41) is 14.3. The third-order valence-electron chi connectivity index (χ3n) is 8.74. The maximum Gasteiger partial charge on any atom is 0.337 e. The highest BCUT2D eigenvalue weighted by molar-refractivity contribution is 5.90. The minimum atomic E-state index is -0.734. The Bertz CT molecular complexity index is 1900. The number of rotatable bonds is 16. The molecule has 3 aromatic carbocycles. The van der Waals surface area contributed by atoms with Gasteiger partial charge in [0.05, 0.1) is 51.1 Å². The van der Waals surface area contributed by atoms with Crippen molar-refractivity contribution in [2.75, 3.05) is 38.2 Å². The molecule has 2 aromatic heterocycles. The smallest absolute Gasteiger partial charge is 0.337 e. The van der Waals surface area contributed by atoms with Crippen molar-refractivity contribution >= 4 is 28.6 Å². The molecular weight excluding hydrogens is 634 g/mol. The van der Waals surface area contributed by atoms with Gasteiger partial charge in [0.25, 0.3) is 5.56 Å². The highest BCUT2D eigenvalue weighted by Crippen LogP contribution is 2.28. The first-order valence-corrected chi connectivity index (χ1v) is 16.7. The quantitative estimate of drug-likeness (QED) is 0.116. The van der Waals surface area contributed by atoms with Gasteiger partial charge in [-0.15, -0.1) is 0 Å². The standard InChI is InChI=1S/C39H45N5O6/c1-6-7-21-39(2,26-45)42-35-34-33(20-22-43(36(34)46)23-27-8-14-30(15-9-27)37(47)50-5)40-38(41-35)44(24-28-10-16-31(48-3)17-11-28)25-29-12-18-32(49-4)19-13-29/h8-20,22,45H,6-7,21,23-26H2,1-5H3,(H,40,41,42)/t39-/m1/s1. The molecule has 11 heteroatoms. The largest absolute Gasteiger partial charge is 0.497 e. The van der Waals surface area contributed by atoms with Gasteiger partial charge in [-0.25, -0.2) is 9.78 Å². The number of methoxy groups -OCH3 is 3. The number of pyridine rings is 1. The average molecular weight is 680 g/mol. The van der Waals surface area contributed by atoms with Crippen LogP contribution in [0.3, 0.4) is 0 Å². The van der Waals surface area contributed by atoms with Crippen LogP contribution in [0, 0.1) is 0 Å². The Morgan fingerprint density at radius 3 is 1.96 bits per heavy atom. The van der Waals surface area contributed by atoms with Crippen LogP contribution in [-0.2, 0) is 24.4 Å². The number of hydrogen-bond donors (Lipinski definition) is 2. The van der Waals surface area contributed by atoms with Crippen LogP contribution in [0.5, 0.6) is 11.5 Å². The first kappa shape index (κ1) is 35.9. The summed E-state index contributed by atoms with van der Waals surface area (Å²) in [5.41, 5.74) is 2.77. The number of unbranched alkanes of at least 4 members (excludes halogenated alkanes) is 1. The molecule has 0 saturated heterocycles. The number of carbonyl (C=O) groups excluding carboxylic acids is 1. The number of benzene rings is 3. The van der Waals surface area contributed by atoms with Crippen molar-refractivity contribution in [2.45, 2.75) is 58.3 Å². The number of aliphatic hydroxyl groups excluding tert-OH is 1. The van der Waals surface area contributed by atoms with Crippen LogP contribution in [0.25, 0.3) is 10.9 Å². The predicted octanol–water partition coefficient (Wildman–Crippen LogP) is 6.20. The third kappa shape index (κ3) is 8.59. The molecule has 0 bridgehead atoms. The van der Waals surface area contributed by atoms with Gasteiger partial charge in [0.2, 0.25) is 5.95 Å². The van der Waals surface area contributed by atoms with E-state index in [1.54, 1.807) is 49.2 Å². The lowest BCUT2D eigenvalue weighted by molar-refractivity contribution is 0.0600. The van der Waals surface area contributed by atoms with Gasteiger partial charge in [0.15, 0.2) is 0 Å². The highest BCUT2D eigenvalue weighted by Gasteiger charge is 2.27. The number of carbonyl (C=O) groups is 1. The molecule has 2 N–H and O–H groups in total. The van der Waals surface area contributed by atoms with Gasteiger partial charge in [0.1, 0.15) is 22.7 Å². The van der Waals surface area contributed by atoms with Gasteiger partial charge in [-0.3, -0.25) is 4.79 Å². The molecule has 0 saturated carbocycles. The van der Waals surface area contributed by atoms with Gasteiger partial charge in [-0.2, -0.15) is 4.98 Å². The summed E-state index contributed by atoms with van der Waals surface area (Å²) in [7, 11) is 4.61. The molecule has 0 fully saturated rings. The Kier molecular flexibility index (Phi) is 11.7. The second kappa shape index (κ2) is 16.3. The molecule has 5 aromatic rings. The molecule has 0 aliphatic rings. The number of aromatic nitrogens is 3. The third-order valence-corrected chi connectivity index (χ3v) is 8.74. The summed E-state index contributed by atoms with van der Waals surface area (Å²) < 4.78 is 17.2. The Morgan fingerprint density at radius 2 is 1.44 bits per heavy atom. The Labute approximate surface area is 292 Å². The average Bonchev–Trinajstić information content (AvgIpc) is 3.15. The van der Waals surface area contributed by atoms with E-state index in [1.807, 2.05) is 61.5 Å². The first-order valence-electron chi connectivity index (χ1n) is 16.7. The number of ether oxygens (including phenoxy) is 3. The van der Waals surface area contributed by atoms with E-state index in [4.69, 9.17) is 24.2 Å². The van der Waals surface area contributed by atoms with Crippen LogP contribution >= 0.6 is 0 Å². The van der Waals surface area contributed by atoms with Crippen LogP contribution in [0.15, 0.2) is 89.9 Å². The van der Waals surface area contributed by atoms with Crippen LogP contribution in [0.2, 0.25) is 0 Å². The van der Waals surface area contributed by atoms with E-state index >= 15 is 0 Å². The molecule has 1 atom stereocenters. The van der Waals surface area contributed by atoms with Crippen molar-refractivity contribution in [1.29, 1.82) is 0 Å². The molecule has 0 aliphatic carbocycles. The topological polar surface area (TPSA) is 128 Å². The summed E-state index contributed by atoms with van der Waals surface area (Å²) in [5.74, 6) is 1.88. The molecule has 2 heterocycles. The number of aliphatic hydroxyl groups is 1. The number of anilines is 2. The number of fused-ring (bicyclic) bond motifs is 1. The lowest BCUT2D eigenvalue weighted by atomic mass is 9.95. The summed E-state index contributed by atoms with van der Waals surface area (Å²) in [4.78, 5) is 38.2. The number of nitrogens with zero attached hydrogens (tertiary/aromatic N) is 4. The van der Waals surface area contributed by atoms with Crippen molar-refractivity contribution < 1.29 is 24.1 Å². The number of hydrogen-bond acceptors (Lipinski definition) is 10. The van der Waals surface area contributed by atoms with Crippen LogP contribution in [0.1, 0.15) is 60.2 Å². The zero-order chi connectivity index (χ0) is 35.7. The second-order valence-electron chi connectivity index (χ2n) is 12.6. The summed E-state index contributed by atoms with van der Waals surface area (Å²) in [6.45, 7) is 5.11. The molecule has 0 aliphatic heterocycles. The molecule has 11 nitrogen and oxygen atoms in total. The summed E-state index contributed by atoms with van der Waals surface area (Å²) in [6.07, 6.45) is 4.23. The predicted molar refractivity (Wildman–Crippen MR) is 195 cm³/mol. The van der Waals surface area contributed by atoms with Crippen LogP contribution < -0.4 is 25.2 Å². The molecule has 0 unspecified atom stereocenters. The van der Waals surface area contributed by atoms with E-state index in [1.165, 1.54) is 7.11 Å². The lowest BCUT2D eigenvalue weighted by Gasteiger charge is -2.31. The van der Waals surface area contributed by atoms with Crippen molar-refractivity contribution in [3.8, 4) is 11.5 Å². The van der Waals surface area contributed by atoms with Crippen LogP contribution in [-0.4, -0.2) is 59.1 Å². The monoisotopic (exact) mass is 679 g/mol. The zero-order valence-corrected chi connectivity index (χ0v) is 29.3. The van der Waals surface area contributed by atoms with E-state index in [-0.39, 0.29) is 18.7 Å². The fraction of sp³-hybridized carbons (Fsp3) is 0.333.